The molecule has 3 nitrogen and oxygen atoms in total. The van der Waals surface area contributed by atoms with Crippen molar-refractivity contribution in [3.8, 4) is 0 Å². The summed E-state index contributed by atoms with van der Waals surface area (Å²) in [5, 5.41) is 5.84. The third-order valence-electron chi connectivity index (χ3n) is 2.06. The van der Waals surface area contributed by atoms with E-state index in [9.17, 15) is 8.78 Å². The lowest BCUT2D eigenvalue weighted by Gasteiger charge is -2.12. The van der Waals surface area contributed by atoms with Gasteiger partial charge >= 0.3 is 0 Å². The Kier molecular flexibility index (Phi) is 6.45. The number of halogens is 3. The molecule has 1 rings (SSSR count). The summed E-state index contributed by atoms with van der Waals surface area (Å²) in [6, 6.07) is 1.96. The van der Waals surface area contributed by atoms with E-state index < -0.39 is 11.6 Å². The maximum atomic E-state index is 13.5. The van der Waals surface area contributed by atoms with Crippen molar-refractivity contribution < 1.29 is 13.5 Å². The molecule has 0 aliphatic rings. The zero-order valence-corrected chi connectivity index (χ0v) is 12.1. The number of methoxy groups -OCH3 is 1. The van der Waals surface area contributed by atoms with Crippen LogP contribution in [0.25, 0.3) is 0 Å². The highest BCUT2D eigenvalue weighted by molar-refractivity contribution is 9.10. The predicted octanol–water partition coefficient (Wildman–Crippen LogP) is 3.05. The van der Waals surface area contributed by atoms with Crippen molar-refractivity contribution in [2.24, 2.45) is 0 Å². The Hall–Kier alpha value is -0.790. The van der Waals surface area contributed by atoms with Crippen LogP contribution < -0.4 is 10.6 Å². The lowest BCUT2D eigenvalue weighted by Crippen LogP contribution is -2.30. The molecule has 0 amide bonds. The molecular formula is C11H13BrF2N2OS. The lowest BCUT2D eigenvalue weighted by molar-refractivity contribution is 0.196. The summed E-state index contributed by atoms with van der Waals surface area (Å²) in [6.07, 6.45) is 0.783. The number of thiocarbonyl (C=S) groups is 1. The summed E-state index contributed by atoms with van der Waals surface area (Å²) < 4.78 is 31.5. The molecule has 0 spiro atoms. The van der Waals surface area contributed by atoms with Gasteiger partial charge in [0.1, 0.15) is 5.82 Å². The molecule has 0 heterocycles. The van der Waals surface area contributed by atoms with Crippen LogP contribution in [-0.2, 0) is 4.74 Å². The van der Waals surface area contributed by atoms with Crippen molar-refractivity contribution in [1.29, 1.82) is 0 Å². The van der Waals surface area contributed by atoms with Gasteiger partial charge in [0.2, 0.25) is 0 Å². The molecule has 2 N–H and O–H groups in total. The number of hydrogen-bond donors (Lipinski definition) is 2. The molecule has 0 saturated heterocycles. The molecule has 0 bridgehead atoms. The Balaban J connectivity index is 2.54. The van der Waals surface area contributed by atoms with Gasteiger partial charge in [0.25, 0.3) is 0 Å². The molecule has 0 aliphatic heterocycles. The first-order valence-electron chi connectivity index (χ1n) is 5.23. The Labute approximate surface area is 118 Å². The van der Waals surface area contributed by atoms with E-state index >= 15 is 0 Å². The van der Waals surface area contributed by atoms with E-state index in [1.807, 2.05) is 0 Å². The van der Waals surface area contributed by atoms with E-state index in [-0.39, 0.29) is 15.3 Å². The van der Waals surface area contributed by atoms with E-state index in [4.69, 9.17) is 17.0 Å². The van der Waals surface area contributed by atoms with Gasteiger partial charge in [-0.15, -0.1) is 0 Å². The van der Waals surface area contributed by atoms with E-state index in [0.717, 1.165) is 12.5 Å². The van der Waals surface area contributed by atoms with Crippen LogP contribution in [0.4, 0.5) is 14.5 Å². The smallest absolute Gasteiger partial charge is 0.170 e. The highest BCUT2D eigenvalue weighted by Gasteiger charge is 2.10. The lowest BCUT2D eigenvalue weighted by atomic mass is 10.3. The van der Waals surface area contributed by atoms with Gasteiger partial charge < -0.3 is 15.4 Å². The molecule has 0 radical (unpaired) electrons. The van der Waals surface area contributed by atoms with Gasteiger partial charge in [0.15, 0.2) is 10.9 Å². The molecule has 0 fully saturated rings. The summed E-state index contributed by atoms with van der Waals surface area (Å²) in [6.45, 7) is 1.23. The van der Waals surface area contributed by atoms with Crippen molar-refractivity contribution in [2.75, 3.05) is 25.6 Å². The fourth-order valence-corrected chi connectivity index (χ4v) is 1.95. The minimum absolute atomic E-state index is 0.112. The molecule has 0 aromatic heterocycles. The molecule has 18 heavy (non-hydrogen) atoms. The van der Waals surface area contributed by atoms with Gasteiger partial charge in [-0.25, -0.2) is 8.78 Å². The van der Waals surface area contributed by atoms with Gasteiger partial charge in [0, 0.05) is 30.8 Å². The van der Waals surface area contributed by atoms with Gasteiger partial charge in [0.05, 0.1) is 5.69 Å². The van der Waals surface area contributed by atoms with Crippen LogP contribution in [0.15, 0.2) is 16.6 Å². The quantitative estimate of drug-likeness (QED) is 0.638. The molecule has 0 aliphatic carbocycles. The second-order valence-electron chi connectivity index (χ2n) is 3.47. The highest BCUT2D eigenvalue weighted by atomic mass is 79.9. The number of anilines is 1. The van der Waals surface area contributed by atoms with Crippen molar-refractivity contribution in [3.05, 3.63) is 28.2 Å². The molecule has 0 saturated carbocycles. The second-order valence-corrected chi connectivity index (χ2v) is 4.73. The van der Waals surface area contributed by atoms with Gasteiger partial charge in [-0.2, -0.15) is 0 Å². The second kappa shape index (κ2) is 7.60. The first-order chi connectivity index (χ1) is 8.54. The number of rotatable bonds is 5. The maximum absolute atomic E-state index is 13.5. The fraction of sp³-hybridized carbons (Fsp3) is 0.364. The summed E-state index contributed by atoms with van der Waals surface area (Å²) in [5.74, 6) is -1.35. The summed E-state index contributed by atoms with van der Waals surface area (Å²) >= 11 is 8.06. The van der Waals surface area contributed by atoms with Crippen LogP contribution >= 0.6 is 28.1 Å². The Morgan fingerprint density at radius 2 is 2.17 bits per heavy atom. The van der Waals surface area contributed by atoms with Crippen molar-refractivity contribution in [3.63, 3.8) is 0 Å². The maximum Gasteiger partial charge on any atom is 0.170 e. The Bertz CT molecular complexity index is 408. The zero-order chi connectivity index (χ0) is 13.5. The zero-order valence-electron chi connectivity index (χ0n) is 9.73. The summed E-state index contributed by atoms with van der Waals surface area (Å²) in [7, 11) is 1.61. The standard InChI is InChI=1S/C11H13BrF2N2OS/c1-17-4-2-3-15-11(18)16-10-8(12)5-7(13)6-9(10)14/h5-6H,2-4H2,1H3,(H2,15,16,18). The first kappa shape index (κ1) is 15.3. The number of nitrogens with one attached hydrogen (secondary N) is 2. The minimum Gasteiger partial charge on any atom is -0.385 e. The largest absolute Gasteiger partial charge is 0.385 e. The third kappa shape index (κ3) is 4.83. The number of benzene rings is 1. The fourth-order valence-electron chi connectivity index (χ4n) is 1.24. The molecule has 100 valence electrons. The Morgan fingerprint density at radius 3 is 2.78 bits per heavy atom. The normalized spacial score (nSPS) is 10.2. The van der Waals surface area contributed by atoms with Crippen LogP contribution in [0.3, 0.4) is 0 Å². The minimum atomic E-state index is -0.706. The van der Waals surface area contributed by atoms with Crippen LogP contribution in [0.1, 0.15) is 6.42 Å². The predicted molar refractivity (Wildman–Crippen MR) is 74.8 cm³/mol. The Morgan fingerprint density at radius 1 is 1.44 bits per heavy atom. The van der Waals surface area contributed by atoms with Crippen LogP contribution in [-0.4, -0.2) is 25.4 Å². The van der Waals surface area contributed by atoms with Crippen molar-refractivity contribution in [2.45, 2.75) is 6.42 Å². The molecule has 0 atom stereocenters. The van der Waals surface area contributed by atoms with E-state index in [2.05, 4.69) is 26.6 Å². The monoisotopic (exact) mass is 338 g/mol. The topological polar surface area (TPSA) is 33.3 Å². The number of hydrogen-bond acceptors (Lipinski definition) is 2. The van der Waals surface area contributed by atoms with Crippen molar-refractivity contribution in [1.82, 2.24) is 5.32 Å². The highest BCUT2D eigenvalue weighted by Crippen LogP contribution is 2.26. The van der Waals surface area contributed by atoms with E-state index in [1.54, 1.807) is 7.11 Å². The van der Waals surface area contributed by atoms with Crippen molar-refractivity contribution >= 4 is 38.9 Å². The van der Waals surface area contributed by atoms with E-state index in [1.165, 1.54) is 6.07 Å². The molecule has 7 heteroatoms. The summed E-state index contributed by atoms with van der Waals surface area (Å²) in [4.78, 5) is 0. The van der Waals surface area contributed by atoms with Crippen LogP contribution in [0, 0.1) is 11.6 Å². The van der Waals surface area contributed by atoms with Gasteiger partial charge in [-0.05, 0) is 40.6 Å². The van der Waals surface area contributed by atoms with E-state index in [0.29, 0.717) is 13.2 Å². The van der Waals surface area contributed by atoms with Crippen LogP contribution in [0.2, 0.25) is 0 Å². The first-order valence-corrected chi connectivity index (χ1v) is 6.43. The SMILES string of the molecule is COCCCNC(=S)Nc1c(F)cc(F)cc1Br. The molecular weight excluding hydrogens is 326 g/mol. The molecule has 1 aromatic carbocycles. The van der Waals surface area contributed by atoms with Gasteiger partial charge in [-0.3, -0.25) is 0 Å². The summed E-state index contributed by atoms with van der Waals surface area (Å²) in [5.41, 5.74) is 0.112. The molecule has 0 unspecified atom stereocenters. The number of ether oxygens (including phenoxy) is 1. The van der Waals surface area contributed by atoms with Gasteiger partial charge in [-0.1, -0.05) is 0 Å². The molecule has 1 aromatic rings. The van der Waals surface area contributed by atoms with Crippen LogP contribution in [0.5, 0.6) is 0 Å². The average molecular weight is 339 g/mol. The third-order valence-corrected chi connectivity index (χ3v) is 2.93. The average Bonchev–Trinajstić information content (AvgIpc) is 2.29.